The molecule has 1 heterocycles. The van der Waals surface area contributed by atoms with Crippen molar-refractivity contribution in [2.75, 3.05) is 5.73 Å². The summed E-state index contributed by atoms with van der Waals surface area (Å²) >= 11 is 0. The number of anilines is 1. The van der Waals surface area contributed by atoms with E-state index in [1.807, 2.05) is 18.2 Å². The fourth-order valence-electron chi connectivity index (χ4n) is 2.60. The molecule has 0 saturated carbocycles. The maximum atomic E-state index is 10.1. The molecule has 5 N–H and O–H groups in total. The number of aromatic nitrogens is 2. The molecule has 2 atom stereocenters. The molecule has 1 aromatic carbocycles. The number of aliphatic hydroxyl groups is 1. The summed E-state index contributed by atoms with van der Waals surface area (Å²) in [6.45, 7) is 1.97. The number of aliphatic hydroxyl groups excluding tert-OH is 1. The highest BCUT2D eigenvalue weighted by Gasteiger charge is 2.21. The van der Waals surface area contributed by atoms with Crippen LogP contribution >= 0.6 is 0 Å². The lowest BCUT2D eigenvalue weighted by Gasteiger charge is -2.22. The second kappa shape index (κ2) is 7.93. The standard InChI is InChI=1S/C16H24N4O2/c1-12(21)15(9-5-8-13-6-3-2-4-7-13)20-16(17)14(10-19-20)11-22-18/h2-4,6-7,10,12,15,21H,5,8-9,11,17-18H2,1H3. The molecule has 0 aliphatic rings. The lowest BCUT2D eigenvalue weighted by atomic mass is 10.0. The van der Waals surface area contributed by atoms with Gasteiger partial charge in [0.05, 0.1) is 24.9 Å². The zero-order valence-electron chi connectivity index (χ0n) is 12.9. The summed E-state index contributed by atoms with van der Waals surface area (Å²) in [5, 5.41) is 14.3. The highest BCUT2D eigenvalue weighted by Crippen LogP contribution is 2.24. The Labute approximate surface area is 130 Å². The van der Waals surface area contributed by atoms with Gasteiger partial charge in [0.25, 0.3) is 0 Å². The Morgan fingerprint density at radius 3 is 2.68 bits per heavy atom. The van der Waals surface area contributed by atoms with E-state index >= 15 is 0 Å². The maximum absolute atomic E-state index is 10.1. The van der Waals surface area contributed by atoms with Crippen molar-refractivity contribution in [1.29, 1.82) is 0 Å². The van der Waals surface area contributed by atoms with Crippen molar-refractivity contribution >= 4 is 5.82 Å². The highest BCUT2D eigenvalue weighted by atomic mass is 16.6. The van der Waals surface area contributed by atoms with Gasteiger partial charge in [-0.05, 0) is 31.7 Å². The fraction of sp³-hybridized carbons (Fsp3) is 0.438. The van der Waals surface area contributed by atoms with Gasteiger partial charge in [0.2, 0.25) is 0 Å². The monoisotopic (exact) mass is 304 g/mol. The van der Waals surface area contributed by atoms with Crippen LogP contribution in [0.4, 0.5) is 5.82 Å². The first kappa shape index (κ1) is 16.5. The molecule has 0 aliphatic heterocycles. The molecule has 0 radical (unpaired) electrons. The Kier molecular flexibility index (Phi) is 5.94. The largest absolute Gasteiger partial charge is 0.391 e. The van der Waals surface area contributed by atoms with Gasteiger partial charge in [-0.2, -0.15) is 5.10 Å². The third-order valence-electron chi connectivity index (χ3n) is 3.83. The molecule has 0 aliphatic carbocycles. The van der Waals surface area contributed by atoms with E-state index in [2.05, 4.69) is 22.1 Å². The SMILES string of the molecule is CC(O)C(CCCc1ccccc1)n1ncc(CON)c1N. The number of aryl methyl sites for hydroxylation is 1. The molecular formula is C16H24N4O2. The third-order valence-corrected chi connectivity index (χ3v) is 3.83. The van der Waals surface area contributed by atoms with Crippen LogP contribution in [0, 0.1) is 0 Å². The number of nitrogens with zero attached hydrogens (tertiary/aromatic N) is 2. The van der Waals surface area contributed by atoms with Gasteiger partial charge in [-0.25, -0.2) is 10.6 Å². The summed E-state index contributed by atoms with van der Waals surface area (Å²) in [6.07, 6.45) is 3.80. The first-order chi connectivity index (χ1) is 10.6. The Bertz CT molecular complexity index is 569. The van der Waals surface area contributed by atoms with Gasteiger partial charge < -0.3 is 10.8 Å². The quantitative estimate of drug-likeness (QED) is 0.646. The first-order valence-electron chi connectivity index (χ1n) is 7.49. The molecule has 120 valence electrons. The van der Waals surface area contributed by atoms with Crippen LogP contribution in [-0.4, -0.2) is 21.0 Å². The predicted octanol–water partition coefficient (Wildman–Crippen LogP) is 1.80. The van der Waals surface area contributed by atoms with Gasteiger partial charge in [0.15, 0.2) is 0 Å². The van der Waals surface area contributed by atoms with E-state index in [1.54, 1.807) is 17.8 Å². The Morgan fingerprint density at radius 2 is 2.05 bits per heavy atom. The Hall–Kier alpha value is -1.89. The molecular weight excluding hydrogens is 280 g/mol. The minimum atomic E-state index is -0.537. The van der Waals surface area contributed by atoms with E-state index in [0.29, 0.717) is 5.82 Å². The zero-order valence-corrected chi connectivity index (χ0v) is 12.9. The summed E-state index contributed by atoms with van der Waals surface area (Å²) in [4.78, 5) is 4.61. The molecule has 6 heteroatoms. The van der Waals surface area contributed by atoms with Crippen molar-refractivity contribution in [3.63, 3.8) is 0 Å². The lowest BCUT2D eigenvalue weighted by molar-refractivity contribution is 0.116. The van der Waals surface area contributed by atoms with Crippen LogP contribution < -0.4 is 11.6 Å². The second-order valence-electron chi connectivity index (χ2n) is 5.50. The third kappa shape index (κ3) is 4.07. The van der Waals surface area contributed by atoms with E-state index in [9.17, 15) is 5.11 Å². The molecule has 0 bridgehead atoms. The first-order valence-corrected chi connectivity index (χ1v) is 7.49. The van der Waals surface area contributed by atoms with Crippen molar-refractivity contribution in [2.45, 2.75) is 44.9 Å². The normalized spacial score (nSPS) is 14.0. The van der Waals surface area contributed by atoms with Crippen molar-refractivity contribution < 1.29 is 9.94 Å². The van der Waals surface area contributed by atoms with Gasteiger partial charge in [-0.15, -0.1) is 0 Å². The molecule has 0 amide bonds. The number of benzene rings is 1. The second-order valence-corrected chi connectivity index (χ2v) is 5.50. The molecule has 2 rings (SSSR count). The van der Waals surface area contributed by atoms with E-state index < -0.39 is 6.10 Å². The minimum Gasteiger partial charge on any atom is -0.391 e. The van der Waals surface area contributed by atoms with Crippen molar-refractivity contribution in [3.8, 4) is 0 Å². The summed E-state index contributed by atoms with van der Waals surface area (Å²) in [6, 6.07) is 10.1. The van der Waals surface area contributed by atoms with E-state index in [1.165, 1.54) is 5.56 Å². The average molecular weight is 304 g/mol. The van der Waals surface area contributed by atoms with Crippen LogP contribution in [0.15, 0.2) is 36.5 Å². The number of rotatable bonds is 8. The molecule has 0 saturated heterocycles. The van der Waals surface area contributed by atoms with Gasteiger partial charge in [-0.3, -0.25) is 4.84 Å². The highest BCUT2D eigenvalue weighted by molar-refractivity contribution is 5.38. The van der Waals surface area contributed by atoms with Gasteiger partial charge in [0.1, 0.15) is 5.82 Å². The summed E-state index contributed by atoms with van der Waals surface area (Å²) in [5.41, 5.74) is 8.09. The summed E-state index contributed by atoms with van der Waals surface area (Å²) < 4.78 is 1.67. The van der Waals surface area contributed by atoms with E-state index in [-0.39, 0.29) is 12.6 Å². The van der Waals surface area contributed by atoms with Gasteiger partial charge in [0, 0.05) is 5.56 Å². The predicted molar refractivity (Wildman–Crippen MR) is 85.7 cm³/mol. The topological polar surface area (TPSA) is 99.3 Å². The summed E-state index contributed by atoms with van der Waals surface area (Å²) in [7, 11) is 0. The fourth-order valence-corrected chi connectivity index (χ4v) is 2.60. The summed E-state index contributed by atoms with van der Waals surface area (Å²) in [5.74, 6) is 5.57. The number of hydrogen-bond acceptors (Lipinski definition) is 5. The van der Waals surface area contributed by atoms with Crippen molar-refractivity contribution in [2.24, 2.45) is 5.90 Å². The van der Waals surface area contributed by atoms with E-state index in [0.717, 1.165) is 24.8 Å². The molecule has 0 spiro atoms. The maximum Gasteiger partial charge on any atom is 0.127 e. The van der Waals surface area contributed by atoms with Gasteiger partial charge in [-0.1, -0.05) is 30.3 Å². The van der Waals surface area contributed by atoms with Crippen LogP contribution in [0.2, 0.25) is 0 Å². The van der Waals surface area contributed by atoms with Crippen LogP contribution in [0.3, 0.4) is 0 Å². The zero-order chi connectivity index (χ0) is 15.9. The number of nitrogen functional groups attached to an aromatic ring is 1. The van der Waals surface area contributed by atoms with Crippen LogP contribution in [0.5, 0.6) is 0 Å². The van der Waals surface area contributed by atoms with Crippen molar-refractivity contribution in [1.82, 2.24) is 9.78 Å². The lowest BCUT2D eigenvalue weighted by Crippen LogP contribution is -2.24. The van der Waals surface area contributed by atoms with Crippen LogP contribution in [0.1, 0.15) is 36.9 Å². The average Bonchev–Trinajstić information content (AvgIpc) is 2.86. The number of hydrogen-bond donors (Lipinski definition) is 3. The molecule has 2 aromatic rings. The molecule has 1 aromatic heterocycles. The minimum absolute atomic E-state index is 0.157. The van der Waals surface area contributed by atoms with Crippen LogP contribution in [-0.2, 0) is 17.9 Å². The molecule has 22 heavy (non-hydrogen) atoms. The number of nitrogens with two attached hydrogens (primary N) is 2. The Balaban J connectivity index is 2.01. The molecule has 2 unspecified atom stereocenters. The van der Waals surface area contributed by atoms with Crippen LogP contribution in [0.25, 0.3) is 0 Å². The molecule has 0 fully saturated rings. The van der Waals surface area contributed by atoms with Gasteiger partial charge >= 0.3 is 0 Å². The molecule has 6 nitrogen and oxygen atoms in total. The Morgan fingerprint density at radius 1 is 1.32 bits per heavy atom. The van der Waals surface area contributed by atoms with Crippen molar-refractivity contribution in [3.05, 3.63) is 47.7 Å². The van der Waals surface area contributed by atoms with E-state index in [4.69, 9.17) is 11.6 Å². The smallest absolute Gasteiger partial charge is 0.127 e.